The number of Topliss-reactive ketones (excluding diaryl/α,β-unsaturated/α-hetero) is 1. The van der Waals surface area contributed by atoms with E-state index in [4.69, 9.17) is 14.2 Å². The number of hydrogen-bond acceptors (Lipinski definition) is 6. The van der Waals surface area contributed by atoms with Gasteiger partial charge >= 0.3 is 0 Å². The van der Waals surface area contributed by atoms with Crippen molar-refractivity contribution in [2.75, 3.05) is 26.9 Å². The fourth-order valence-corrected chi connectivity index (χ4v) is 4.23. The van der Waals surface area contributed by atoms with Gasteiger partial charge in [-0.1, -0.05) is 43.0 Å². The highest BCUT2D eigenvalue weighted by atomic mass is 16.5. The Balaban J connectivity index is 1.74. The molecule has 0 aromatic heterocycles. The molecule has 3 aromatic carbocycles. The predicted octanol–water partition coefficient (Wildman–Crippen LogP) is 5.50. The number of rotatable bonds is 11. The first-order valence-electron chi connectivity index (χ1n) is 12.0. The van der Waals surface area contributed by atoms with E-state index in [1.54, 1.807) is 55.7 Å². The van der Waals surface area contributed by atoms with Gasteiger partial charge in [-0.15, -0.1) is 0 Å². The molecule has 0 saturated carbocycles. The quantitative estimate of drug-likeness (QED) is 0.123. The summed E-state index contributed by atoms with van der Waals surface area (Å²) >= 11 is 0. The number of amides is 1. The highest BCUT2D eigenvalue weighted by Gasteiger charge is 2.45. The highest BCUT2D eigenvalue weighted by molar-refractivity contribution is 6.46. The molecule has 1 fully saturated rings. The number of carbonyl (C=O) groups is 2. The Bertz CT molecular complexity index is 1280. The van der Waals surface area contributed by atoms with Crippen molar-refractivity contribution < 1.29 is 28.9 Å². The summed E-state index contributed by atoms with van der Waals surface area (Å²) in [6.45, 7) is 4.69. The van der Waals surface area contributed by atoms with E-state index in [2.05, 4.69) is 6.58 Å². The summed E-state index contributed by atoms with van der Waals surface area (Å²) in [6, 6.07) is 22.4. The normalized spacial score (nSPS) is 16.6. The molecule has 0 aliphatic carbocycles. The second kappa shape index (κ2) is 12.1. The van der Waals surface area contributed by atoms with E-state index in [9.17, 15) is 14.7 Å². The van der Waals surface area contributed by atoms with E-state index in [0.717, 1.165) is 0 Å². The molecule has 190 valence electrons. The summed E-state index contributed by atoms with van der Waals surface area (Å²) in [4.78, 5) is 27.8. The fraction of sp³-hybridized carbons (Fsp3) is 0.200. The monoisotopic (exact) mass is 499 g/mol. The molecule has 7 heteroatoms. The third-order valence-corrected chi connectivity index (χ3v) is 5.94. The Hall–Kier alpha value is -4.36. The Morgan fingerprint density at radius 2 is 1.70 bits per heavy atom. The van der Waals surface area contributed by atoms with Gasteiger partial charge in [-0.25, -0.2) is 0 Å². The number of carbonyl (C=O) groups excluding carboxylic acids is 2. The van der Waals surface area contributed by atoms with Gasteiger partial charge in [0.15, 0.2) is 0 Å². The van der Waals surface area contributed by atoms with Crippen LogP contribution in [0, 0.1) is 0 Å². The molecule has 1 saturated heterocycles. The van der Waals surface area contributed by atoms with Crippen molar-refractivity contribution in [3.8, 4) is 17.2 Å². The van der Waals surface area contributed by atoms with E-state index in [1.807, 2.05) is 36.4 Å². The number of aliphatic hydroxyl groups excluding tert-OH is 1. The third kappa shape index (κ3) is 5.90. The van der Waals surface area contributed by atoms with Crippen LogP contribution < -0.4 is 9.47 Å². The lowest BCUT2D eigenvalue weighted by molar-refractivity contribution is -0.140. The average Bonchev–Trinajstić information content (AvgIpc) is 3.18. The summed E-state index contributed by atoms with van der Waals surface area (Å²) in [5.41, 5.74) is 1.08. The predicted molar refractivity (Wildman–Crippen MR) is 141 cm³/mol. The third-order valence-electron chi connectivity index (χ3n) is 5.94. The fourth-order valence-electron chi connectivity index (χ4n) is 4.23. The number of hydrogen-bond donors (Lipinski definition) is 1. The van der Waals surface area contributed by atoms with Gasteiger partial charge in [0.25, 0.3) is 11.7 Å². The number of ketones is 1. The molecule has 1 heterocycles. The van der Waals surface area contributed by atoms with Crippen molar-refractivity contribution in [2.24, 2.45) is 0 Å². The maximum absolute atomic E-state index is 13.2. The molecule has 1 atom stereocenters. The first kappa shape index (κ1) is 25.7. The summed E-state index contributed by atoms with van der Waals surface area (Å²) in [5.74, 6) is 0.160. The molecular weight excluding hydrogens is 470 g/mol. The van der Waals surface area contributed by atoms with Crippen LogP contribution in [0.25, 0.3) is 5.76 Å². The first-order valence-corrected chi connectivity index (χ1v) is 12.0. The Morgan fingerprint density at radius 3 is 2.41 bits per heavy atom. The largest absolute Gasteiger partial charge is 0.507 e. The van der Waals surface area contributed by atoms with Crippen molar-refractivity contribution in [3.63, 3.8) is 0 Å². The number of para-hydroxylation sites is 1. The SMILES string of the molecule is C=CCOc1ccc(/C(O)=C2\C(=O)C(=O)N(CCCOC)C2c2cccc(Oc3ccccc3)c2)cc1. The zero-order valence-electron chi connectivity index (χ0n) is 20.6. The number of nitrogens with zero attached hydrogens (tertiary/aromatic N) is 1. The van der Waals surface area contributed by atoms with Crippen molar-refractivity contribution in [2.45, 2.75) is 12.5 Å². The van der Waals surface area contributed by atoms with Gasteiger partial charge in [0.1, 0.15) is 29.6 Å². The minimum absolute atomic E-state index is 0.0269. The van der Waals surface area contributed by atoms with E-state index in [-0.39, 0.29) is 17.9 Å². The topological polar surface area (TPSA) is 85.3 Å². The van der Waals surface area contributed by atoms with Gasteiger partial charge in [0.05, 0.1) is 11.6 Å². The van der Waals surface area contributed by atoms with E-state index < -0.39 is 17.7 Å². The van der Waals surface area contributed by atoms with Crippen LogP contribution in [0.5, 0.6) is 17.2 Å². The average molecular weight is 500 g/mol. The van der Waals surface area contributed by atoms with Crippen LogP contribution >= 0.6 is 0 Å². The zero-order valence-corrected chi connectivity index (χ0v) is 20.6. The molecule has 7 nitrogen and oxygen atoms in total. The summed E-state index contributed by atoms with van der Waals surface area (Å²) < 4.78 is 16.6. The molecule has 1 aliphatic heterocycles. The number of benzene rings is 3. The lowest BCUT2D eigenvalue weighted by Gasteiger charge is -2.25. The van der Waals surface area contributed by atoms with Gasteiger partial charge < -0.3 is 24.2 Å². The lowest BCUT2D eigenvalue weighted by atomic mass is 9.95. The maximum Gasteiger partial charge on any atom is 0.295 e. The summed E-state index contributed by atoms with van der Waals surface area (Å²) in [6.07, 6.45) is 2.17. The van der Waals surface area contributed by atoms with Gasteiger partial charge in [-0.3, -0.25) is 9.59 Å². The van der Waals surface area contributed by atoms with E-state index in [0.29, 0.717) is 48.0 Å². The second-order valence-electron chi connectivity index (χ2n) is 8.45. The van der Waals surface area contributed by atoms with Crippen LogP contribution in [0.3, 0.4) is 0 Å². The molecule has 1 unspecified atom stereocenters. The van der Waals surface area contributed by atoms with Crippen LogP contribution in [-0.4, -0.2) is 48.6 Å². The van der Waals surface area contributed by atoms with Crippen molar-refractivity contribution >= 4 is 17.4 Å². The second-order valence-corrected chi connectivity index (χ2v) is 8.45. The molecule has 1 amide bonds. The molecule has 0 spiro atoms. The Morgan fingerprint density at radius 1 is 0.973 bits per heavy atom. The molecule has 0 radical (unpaired) electrons. The van der Waals surface area contributed by atoms with E-state index >= 15 is 0 Å². The molecular formula is C30H29NO6. The Labute approximate surface area is 216 Å². The number of aliphatic hydroxyl groups is 1. The number of ether oxygens (including phenoxy) is 3. The number of methoxy groups -OCH3 is 1. The molecule has 4 rings (SSSR count). The zero-order chi connectivity index (χ0) is 26.2. The summed E-state index contributed by atoms with van der Waals surface area (Å²) in [7, 11) is 1.58. The van der Waals surface area contributed by atoms with Crippen LogP contribution in [0.4, 0.5) is 0 Å². The smallest absolute Gasteiger partial charge is 0.295 e. The van der Waals surface area contributed by atoms with Crippen molar-refractivity contribution in [1.82, 2.24) is 4.90 Å². The molecule has 1 aliphatic rings. The van der Waals surface area contributed by atoms with Gasteiger partial charge in [-0.2, -0.15) is 0 Å². The van der Waals surface area contributed by atoms with Gasteiger partial charge in [-0.05, 0) is 60.5 Å². The highest BCUT2D eigenvalue weighted by Crippen LogP contribution is 2.40. The van der Waals surface area contributed by atoms with Crippen LogP contribution in [0.15, 0.2) is 97.1 Å². The lowest BCUT2D eigenvalue weighted by Crippen LogP contribution is -2.31. The minimum atomic E-state index is -0.784. The maximum atomic E-state index is 13.2. The summed E-state index contributed by atoms with van der Waals surface area (Å²) in [5, 5.41) is 11.3. The van der Waals surface area contributed by atoms with E-state index in [1.165, 1.54) is 4.90 Å². The standard InChI is InChI=1S/C30H29NO6/c1-3-18-36-23-15-13-21(14-16-23)28(32)26-27(31(17-8-19-35-2)30(34)29(26)33)22-9-7-12-25(20-22)37-24-10-5-4-6-11-24/h3-7,9-16,20,27,32H,1,8,17-19H2,2H3/b28-26+. The minimum Gasteiger partial charge on any atom is -0.507 e. The number of likely N-dealkylation sites (tertiary alicyclic amines) is 1. The first-order chi connectivity index (χ1) is 18.0. The molecule has 3 aromatic rings. The van der Waals surface area contributed by atoms with Crippen LogP contribution in [0.2, 0.25) is 0 Å². The Kier molecular flexibility index (Phi) is 8.38. The van der Waals surface area contributed by atoms with Gasteiger partial charge in [0, 0.05) is 25.8 Å². The molecule has 37 heavy (non-hydrogen) atoms. The van der Waals surface area contributed by atoms with Crippen LogP contribution in [0.1, 0.15) is 23.6 Å². The molecule has 0 bridgehead atoms. The van der Waals surface area contributed by atoms with Crippen LogP contribution in [-0.2, 0) is 14.3 Å². The van der Waals surface area contributed by atoms with Crippen molar-refractivity contribution in [1.29, 1.82) is 0 Å². The van der Waals surface area contributed by atoms with Gasteiger partial charge in [0.2, 0.25) is 0 Å². The molecule has 1 N–H and O–H groups in total. The van der Waals surface area contributed by atoms with Crippen molar-refractivity contribution in [3.05, 3.63) is 108 Å².